The number of carbonyl (C=O) groups excluding carboxylic acids is 2. The molecule has 0 bridgehead atoms. The van der Waals surface area contributed by atoms with Gasteiger partial charge in [0.1, 0.15) is 0 Å². The van der Waals surface area contributed by atoms with Gasteiger partial charge >= 0.3 is 5.97 Å². The average molecular weight is 316 g/mol. The molecule has 0 aliphatic heterocycles. The Morgan fingerprint density at radius 2 is 1.61 bits per heavy atom. The van der Waals surface area contributed by atoms with Gasteiger partial charge < -0.3 is 18.9 Å². The molecule has 6 nitrogen and oxygen atoms in total. The van der Waals surface area contributed by atoms with Gasteiger partial charge in [0.2, 0.25) is 0 Å². The Labute approximate surface area is 133 Å². The molecule has 0 aromatic heterocycles. The van der Waals surface area contributed by atoms with Crippen LogP contribution in [0.4, 0.5) is 0 Å². The third-order valence-corrected chi connectivity index (χ3v) is 3.17. The van der Waals surface area contributed by atoms with Crippen molar-refractivity contribution in [2.75, 3.05) is 21.3 Å². The lowest BCUT2D eigenvalue weighted by Crippen LogP contribution is -2.11. The molecular weight excluding hydrogens is 300 g/mol. The minimum Gasteiger partial charge on any atom is -0.493 e. The molecule has 23 heavy (non-hydrogen) atoms. The van der Waals surface area contributed by atoms with Crippen LogP contribution in [-0.4, -0.2) is 33.6 Å². The molecule has 0 amide bonds. The Morgan fingerprint density at radius 3 is 2.22 bits per heavy atom. The third-order valence-electron chi connectivity index (χ3n) is 3.17. The Morgan fingerprint density at radius 1 is 0.913 bits per heavy atom. The van der Waals surface area contributed by atoms with Crippen LogP contribution >= 0.6 is 0 Å². The zero-order valence-electron chi connectivity index (χ0n) is 13.0. The van der Waals surface area contributed by atoms with Gasteiger partial charge in [0, 0.05) is 0 Å². The predicted octanol–water partition coefficient (Wildman–Crippen LogP) is 2.74. The fourth-order valence-corrected chi connectivity index (χ4v) is 2.01. The topological polar surface area (TPSA) is 71.1 Å². The molecular formula is C17H16O6. The molecule has 0 aliphatic rings. The molecule has 0 heterocycles. The molecule has 6 heteroatoms. The van der Waals surface area contributed by atoms with E-state index in [2.05, 4.69) is 0 Å². The summed E-state index contributed by atoms with van der Waals surface area (Å²) >= 11 is 0. The molecule has 0 saturated heterocycles. The van der Waals surface area contributed by atoms with E-state index in [1.807, 2.05) is 0 Å². The van der Waals surface area contributed by atoms with Crippen LogP contribution in [-0.2, 0) is 0 Å². The van der Waals surface area contributed by atoms with Crippen molar-refractivity contribution in [1.82, 2.24) is 0 Å². The first-order valence-electron chi connectivity index (χ1n) is 6.71. The quantitative estimate of drug-likeness (QED) is 0.463. The van der Waals surface area contributed by atoms with E-state index in [4.69, 9.17) is 18.9 Å². The summed E-state index contributed by atoms with van der Waals surface area (Å²) in [6.45, 7) is 0. The van der Waals surface area contributed by atoms with E-state index >= 15 is 0 Å². The maximum atomic E-state index is 12.3. The monoisotopic (exact) mass is 316 g/mol. The van der Waals surface area contributed by atoms with Crippen LogP contribution in [0, 0.1) is 0 Å². The second-order valence-electron chi connectivity index (χ2n) is 4.46. The largest absolute Gasteiger partial charge is 0.493 e. The molecule has 0 atom stereocenters. The van der Waals surface area contributed by atoms with Crippen molar-refractivity contribution in [1.29, 1.82) is 0 Å². The molecule has 0 spiro atoms. The van der Waals surface area contributed by atoms with Gasteiger partial charge in [0.25, 0.3) is 0 Å². The van der Waals surface area contributed by atoms with E-state index in [-0.39, 0.29) is 16.9 Å². The lowest BCUT2D eigenvalue weighted by Gasteiger charge is -2.12. The van der Waals surface area contributed by atoms with Gasteiger partial charge in [0.05, 0.1) is 32.5 Å². The van der Waals surface area contributed by atoms with Crippen molar-refractivity contribution in [3.63, 3.8) is 0 Å². The van der Waals surface area contributed by atoms with Gasteiger partial charge in [-0.1, -0.05) is 6.07 Å². The lowest BCUT2D eigenvalue weighted by molar-refractivity contribution is 0.0728. The fraction of sp³-hybridized carbons (Fsp3) is 0.176. The van der Waals surface area contributed by atoms with E-state index in [1.54, 1.807) is 24.3 Å². The molecule has 0 saturated carbocycles. The number of hydrogen-bond donors (Lipinski definition) is 0. The molecule has 2 aromatic carbocycles. The van der Waals surface area contributed by atoms with Crippen LogP contribution in [0.25, 0.3) is 0 Å². The Balaban J connectivity index is 2.35. The third kappa shape index (κ3) is 3.42. The van der Waals surface area contributed by atoms with Gasteiger partial charge in [-0.25, -0.2) is 4.79 Å². The zero-order valence-corrected chi connectivity index (χ0v) is 13.0. The molecule has 0 radical (unpaired) electrons. The van der Waals surface area contributed by atoms with Gasteiger partial charge in [-0.15, -0.1) is 0 Å². The predicted molar refractivity (Wildman–Crippen MR) is 82.9 cm³/mol. The standard InChI is InChI=1S/C17H16O6/c1-20-13-8-7-11(9-15(13)22-3)17(19)23-16-12(10-18)5-4-6-14(16)21-2/h4-10H,1-3H3. The highest BCUT2D eigenvalue weighted by atomic mass is 16.6. The number of carbonyl (C=O) groups is 2. The normalized spacial score (nSPS) is 9.87. The number of rotatable bonds is 6. The average Bonchev–Trinajstić information content (AvgIpc) is 2.60. The summed E-state index contributed by atoms with van der Waals surface area (Å²) in [7, 11) is 4.40. The van der Waals surface area contributed by atoms with Crippen molar-refractivity contribution in [3.05, 3.63) is 47.5 Å². The highest BCUT2D eigenvalue weighted by molar-refractivity contribution is 5.94. The van der Waals surface area contributed by atoms with E-state index < -0.39 is 5.97 Å². The van der Waals surface area contributed by atoms with E-state index in [0.717, 1.165) is 0 Å². The number of esters is 1. The first-order valence-corrected chi connectivity index (χ1v) is 6.71. The van der Waals surface area contributed by atoms with Gasteiger partial charge in [-0.3, -0.25) is 4.79 Å². The van der Waals surface area contributed by atoms with Crippen molar-refractivity contribution < 1.29 is 28.5 Å². The van der Waals surface area contributed by atoms with Crippen LogP contribution in [0.2, 0.25) is 0 Å². The van der Waals surface area contributed by atoms with Crippen molar-refractivity contribution in [3.8, 4) is 23.0 Å². The second kappa shape index (κ2) is 7.31. The van der Waals surface area contributed by atoms with Crippen LogP contribution in [0.5, 0.6) is 23.0 Å². The van der Waals surface area contributed by atoms with Crippen LogP contribution in [0.3, 0.4) is 0 Å². The number of para-hydroxylation sites is 1. The summed E-state index contributed by atoms with van der Waals surface area (Å²) in [4.78, 5) is 23.4. The summed E-state index contributed by atoms with van der Waals surface area (Å²) in [6.07, 6.45) is 0.597. The van der Waals surface area contributed by atoms with Gasteiger partial charge in [0.15, 0.2) is 29.3 Å². The van der Waals surface area contributed by atoms with Crippen molar-refractivity contribution >= 4 is 12.3 Å². The Hall–Kier alpha value is -3.02. The Bertz CT molecular complexity index is 723. The molecule has 2 aromatic rings. The molecule has 120 valence electrons. The SMILES string of the molecule is COc1ccc(C(=O)Oc2c(C=O)cccc2OC)cc1OC. The highest BCUT2D eigenvalue weighted by Gasteiger charge is 2.17. The maximum absolute atomic E-state index is 12.3. The fourth-order valence-electron chi connectivity index (χ4n) is 2.01. The Kier molecular flexibility index (Phi) is 5.19. The minimum absolute atomic E-state index is 0.0739. The first-order chi connectivity index (χ1) is 11.1. The number of methoxy groups -OCH3 is 3. The molecule has 2 rings (SSSR count). The number of hydrogen-bond acceptors (Lipinski definition) is 6. The molecule has 0 unspecified atom stereocenters. The summed E-state index contributed by atoms with van der Waals surface area (Å²) in [5.74, 6) is 0.624. The molecule has 0 aliphatic carbocycles. The molecule has 0 N–H and O–H groups in total. The molecule has 0 fully saturated rings. The first kappa shape index (κ1) is 16.4. The summed E-state index contributed by atoms with van der Waals surface area (Å²) in [5, 5.41) is 0. The van der Waals surface area contributed by atoms with Gasteiger partial charge in [-0.05, 0) is 30.3 Å². The van der Waals surface area contributed by atoms with Crippen LogP contribution in [0.15, 0.2) is 36.4 Å². The summed E-state index contributed by atoms with van der Waals surface area (Å²) in [5.41, 5.74) is 0.476. The number of ether oxygens (including phenoxy) is 4. The minimum atomic E-state index is -0.640. The maximum Gasteiger partial charge on any atom is 0.343 e. The number of benzene rings is 2. The zero-order chi connectivity index (χ0) is 16.8. The van der Waals surface area contributed by atoms with Crippen LogP contribution in [0.1, 0.15) is 20.7 Å². The van der Waals surface area contributed by atoms with Crippen molar-refractivity contribution in [2.45, 2.75) is 0 Å². The summed E-state index contributed by atoms with van der Waals surface area (Å²) in [6, 6.07) is 9.41. The second-order valence-corrected chi connectivity index (χ2v) is 4.46. The van der Waals surface area contributed by atoms with E-state index in [1.165, 1.54) is 33.5 Å². The highest BCUT2D eigenvalue weighted by Crippen LogP contribution is 2.32. The van der Waals surface area contributed by atoms with E-state index in [9.17, 15) is 9.59 Å². The summed E-state index contributed by atoms with van der Waals surface area (Å²) < 4.78 is 20.7. The smallest absolute Gasteiger partial charge is 0.343 e. The lowest BCUT2D eigenvalue weighted by atomic mass is 10.2. The van der Waals surface area contributed by atoms with E-state index in [0.29, 0.717) is 23.5 Å². The van der Waals surface area contributed by atoms with Gasteiger partial charge in [-0.2, -0.15) is 0 Å². The van der Waals surface area contributed by atoms with Crippen LogP contribution < -0.4 is 18.9 Å². The van der Waals surface area contributed by atoms with Crippen molar-refractivity contribution in [2.24, 2.45) is 0 Å². The number of aldehydes is 1.